The molecule has 1 aliphatic carbocycles. The molecule has 3 heterocycles. The number of hydrogen-bond acceptors (Lipinski definition) is 5. The van der Waals surface area contributed by atoms with Crippen LogP contribution in [0, 0.1) is 5.92 Å². The molecule has 154 valence electrons. The van der Waals surface area contributed by atoms with Gasteiger partial charge in [0.2, 0.25) is 0 Å². The maximum Gasteiger partial charge on any atom is 0.273 e. The lowest BCUT2D eigenvalue weighted by atomic mass is 10.1. The van der Waals surface area contributed by atoms with Crippen LogP contribution < -0.4 is 10.2 Å². The van der Waals surface area contributed by atoms with E-state index in [0.717, 1.165) is 38.2 Å². The molecule has 2 atom stereocenters. The Balaban J connectivity index is 1.15. The summed E-state index contributed by atoms with van der Waals surface area (Å²) in [6.45, 7) is 7.35. The van der Waals surface area contributed by atoms with E-state index >= 15 is 0 Å². The maximum absolute atomic E-state index is 12.6. The molecule has 6 nitrogen and oxygen atoms in total. The van der Waals surface area contributed by atoms with Crippen molar-refractivity contribution in [2.75, 3.05) is 31.1 Å². The van der Waals surface area contributed by atoms with Crippen LogP contribution in [-0.2, 0) is 6.54 Å². The first kappa shape index (κ1) is 18.7. The number of nitrogens with zero attached hydrogens (tertiary/aromatic N) is 3. The van der Waals surface area contributed by atoms with E-state index in [1.54, 1.807) is 0 Å². The van der Waals surface area contributed by atoms with Gasteiger partial charge in [-0.05, 0) is 49.3 Å². The number of benzene rings is 1. The molecule has 0 spiro atoms. The average Bonchev–Trinajstić information content (AvgIpc) is 3.11. The van der Waals surface area contributed by atoms with Crippen LogP contribution in [0.1, 0.15) is 60.3 Å². The fraction of sp³-hybridized carbons (Fsp3) is 0.565. The Morgan fingerprint density at radius 2 is 1.93 bits per heavy atom. The van der Waals surface area contributed by atoms with Crippen LogP contribution in [0.25, 0.3) is 0 Å². The van der Waals surface area contributed by atoms with Gasteiger partial charge in [0.15, 0.2) is 5.69 Å². The molecule has 2 aliphatic heterocycles. The highest BCUT2D eigenvalue weighted by Gasteiger charge is 2.33. The van der Waals surface area contributed by atoms with Gasteiger partial charge in [0, 0.05) is 56.4 Å². The van der Waals surface area contributed by atoms with Gasteiger partial charge in [0.05, 0.1) is 0 Å². The van der Waals surface area contributed by atoms with E-state index in [4.69, 9.17) is 4.52 Å². The van der Waals surface area contributed by atoms with Crippen molar-refractivity contribution in [1.29, 1.82) is 0 Å². The molecular formula is C23H30N4O2. The Labute approximate surface area is 172 Å². The summed E-state index contributed by atoms with van der Waals surface area (Å²) < 4.78 is 5.32. The molecule has 5 rings (SSSR count). The van der Waals surface area contributed by atoms with E-state index in [2.05, 4.69) is 51.5 Å². The minimum absolute atomic E-state index is 0.116. The lowest BCUT2D eigenvalue weighted by Crippen LogP contribution is -2.39. The molecule has 1 aromatic heterocycles. The standard InChI is InChI=1S/C23H30N4O2/c1-16-13-26(14-17-4-8-19(9-5-17)27-10-2-3-11-27)15-21(16)24-23(28)20-12-22(29-25-20)18-6-7-18/h4-5,8-9,12,16,18,21H,2-3,6-7,10-11,13-15H2,1H3,(H,24,28)/t16-,21-/m1/s1. The number of rotatable bonds is 6. The molecule has 1 saturated carbocycles. The highest BCUT2D eigenvalue weighted by Crippen LogP contribution is 2.40. The zero-order valence-corrected chi connectivity index (χ0v) is 17.1. The number of carbonyl (C=O) groups is 1. The second-order valence-electron chi connectivity index (χ2n) is 9.00. The van der Waals surface area contributed by atoms with Crippen molar-refractivity contribution in [2.24, 2.45) is 5.92 Å². The van der Waals surface area contributed by atoms with Gasteiger partial charge >= 0.3 is 0 Å². The molecule has 2 saturated heterocycles. The van der Waals surface area contributed by atoms with Gasteiger partial charge in [0.25, 0.3) is 5.91 Å². The number of amides is 1. The second-order valence-corrected chi connectivity index (χ2v) is 9.00. The van der Waals surface area contributed by atoms with Crippen molar-refractivity contribution in [3.63, 3.8) is 0 Å². The van der Waals surface area contributed by atoms with Gasteiger partial charge < -0.3 is 14.7 Å². The first-order valence-electron chi connectivity index (χ1n) is 11.0. The highest BCUT2D eigenvalue weighted by atomic mass is 16.5. The largest absolute Gasteiger partial charge is 0.372 e. The number of nitrogens with one attached hydrogen (secondary N) is 1. The first-order valence-corrected chi connectivity index (χ1v) is 11.0. The number of anilines is 1. The van der Waals surface area contributed by atoms with Crippen LogP contribution in [0.2, 0.25) is 0 Å². The number of carbonyl (C=O) groups excluding carboxylic acids is 1. The topological polar surface area (TPSA) is 61.6 Å². The number of likely N-dealkylation sites (tertiary alicyclic amines) is 1. The van der Waals surface area contributed by atoms with Crippen molar-refractivity contribution in [1.82, 2.24) is 15.4 Å². The van der Waals surface area contributed by atoms with Gasteiger partial charge in [-0.3, -0.25) is 9.69 Å². The summed E-state index contributed by atoms with van der Waals surface area (Å²) in [6.07, 6.45) is 4.89. The molecule has 2 aromatic rings. The molecule has 1 amide bonds. The number of aromatic nitrogens is 1. The summed E-state index contributed by atoms with van der Waals surface area (Å²) in [4.78, 5) is 17.5. The predicted octanol–water partition coefficient (Wildman–Crippen LogP) is 3.40. The zero-order valence-electron chi connectivity index (χ0n) is 17.1. The van der Waals surface area contributed by atoms with E-state index in [1.165, 1.54) is 37.2 Å². The third-order valence-electron chi connectivity index (χ3n) is 6.56. The third-order valence-corrected chi connectivity index (χ3v) is 6.56. The van der Waals surface area contributed by atoms with Crippen LogP contribution in [0.3, 0.4) is 0 Å². The molecule has 6 heteroatoms. The van der Waals surface area contributed by atoms with E-state index in [0.29, 0.717) is 17.5 Å². The lowest BCUT2D eigenvalue weighted by molar-refractivity contribution is 0.0922. The molecule has 3 fully saturated rings. The van der Waals surface area contributed by atoms with Crippen molar-refractivity contribution in [3.8, 4) is 0 Å². The molecule has 0 bridgehead atoms. The zero-order chi connectivity index (χ0) is 19.8. The fourth-order valence-corrected chi connectivity index (χ4v) is 4.63. The van der Waals surface area contributed by atoms with Crippen molar-refractivity contribution in [2.45, 2.75) is 51.1 Å². The van der Waals surface area contributed by atoms with Gasteiger partial charge in [-0.25, -0.2) is 0 Å². The Morgan fingerprint density at radius 3 is 2.66 bits per heavy atom. The Bertz CT molecular complexity index is 852. The monoisotopic (exact) mass is 394 g/mol. The summed E-state index contributed by atoms with van der Waals surface area (Å²) >= 11 is 0. The highest BCUT2D eigenvalue weighted by molar-refractivity contribution is 5.92. The molecular weight excluding hydrogens is 364 g/mol. The van der Waals surface area contributed by atoms with Crippen LogP contribution in [0.15, 0.2) is 34.9 Å². The van der Waals surface area contributed by atoms with Crippen LogP contribution in [0.5, 0.6) is 0 Å². The lowest BCUT2D eigenvalue weighted by Gasteiger charge is -2.19. The summed E-state index contributed by atoms with van der Waals surface area (Å²) in [6, 6.07) is 11.0. The Hall–Kier alpha value is -2.34. The van der Waals surface area contributed by atoms with E-state index in [1.807, 2.05) is 6.07 Å². The maximum atomic E-state index is 12.6. The molecule has 3 aliphatic rings. The van der Waals surface area contributed by atoms with Crippen LogP contribution >= 0.6 is 0 Å². The average molecular weight is 395 g/mol. The quantitative estimate of drug-likeness (QED) is 0.814. The summed E-state index contributed by atoms with van der Waals surface area (Å²) in [5, 5.41) is 7.14. The van der Waals surface area contributed by atoms with E-state index in [-0.39, 0.29) is 11.9 Å². The second kappa shape index (κ2) is 7.82. The van der Waals surface area contributed by atoms with Crippen molar-refractivity contribution < 1.29 is 9.32 Å². The molecule has 1 aromatic carbocycles. The minimum Gasteiger partial charge on any atom is -0.372 e. The Morgan fingerprint density at radius 1 is 1.17 bits per heavy atom. The first-order chi connectivity index (χ1) is 14.2. The molecule has 29 heavy (non-hydrogen) atoms. The minimum atomic E-state index is -0.116. The summed E-state index contributed by atoms with van der Waals surface area (Å²) in [5.41, 5.74) is 3.08. The van der Waals surface area contributed by atoms with E-state index < -0.39 is 0 Å². The van der Waals surface area contributed by atoms with Crippen molar-refractivity contribution in [3.05, 3.63) is 47.3 Å². The SMILES string of the molecule is C[C@@H]1CN(Cc2ccc(N3CCCC3)cc2)C[C@H]1NC(=O)c1cc(C2CC2)on1. The van der Waals surface area contributed by atoms with Gasteiger partial charge in [-0.15, -0.1) is 0 Å². The summed E-state index contributed by atoms with van der Waals surface area (Å²) in [7, 11) is 0. The molecule has 1 N–H and O–H groups in total. The Kier molecular flexibility index (Phi) is 5.04. The third kappa shape index (κ3) is 4.17. The van der Waals surface area contributed by atoms with Gasteiger partial charge in [0.1, 0.15) is 5.76 Å². The normalized spacial score (nSPS) is 24.9. The van der Waals surface area contributed by atoms with Crippen molar-refractivity contribution >= 4 is 11.6 Å². The smallest absolute Gasteiger partial charge is 0.273 e. The fourth-order valence-electron chi connectivity index (χ4n) is 4.63. The van der Waals surface area contributed by atoms with Crippen LogP contribution in [0.4, 0.5) is 5.69 Å². The van der Waals surface area contributed by atoms with Crippen LogP contribution in [-0.4, -0.2) is 48.2 Å². The molecule has 0 unspecified atom stereocenters. The van der Waals surface area contributed by atoms with Gasteiger partial charge in [-0.2, -0.15) is 0 Å². The van der Waals surface area contributed by atoms with E-state index in [9.17, 15) is 4.79 Å². The van der Waals surface area contributed by atoms with Gasteiger partial charge in [-0.1, -0.05) is 24.2 Å². The summed E-state index contributed by atoms with van der Waals surface area (Å²) in [5.74, 6) is 1.63. The predicted molar refractivity (Wildman–Crippen MR) is 112 cm³/mol. The number of hydrogen-bond donors (Lipinski definition) is 1. The molecule has 0 radical (unpaired) electrons.